The van der Waals surface area contributed by atoms with Gasteiger partial charge in [-0.15, -0.1) is 0 Å². The average Bonchev–Trinajstić information content (AvgIpc) is 3.05. The van der Waals surface area contributed by atoms with E-state index in [9.17, 15) is 9.59 Å². The monoisotopic (exact) mass is 255 g/mol. The molecule has 1 fully saturated rings. The fourth-order valence-corrected chi connectivity index (χ4v) is 1.65. The number of carbonyl (C=O) groups excluding carboxylic acids is 2. The van der Waals surface area contributed by atoms with Crippen LogP contribution in [0.3, 0.4) is 0 Å². The molecule has 0 saturated heterocycles. The Morgan fingerprint density at radius 1 is 1.33 bits per heavy atom. The average molecular weight is 255 g/mol. The smallest absolute Gasteiger partial charge is 0.329 e. The van der Waals surface area contributed by atoms with Crippen molar-refractivity contribution in [3.05, 3.63) is 0 Å². The Bertz CT molecular complexity index is 315. The molecule has 4 nitrogen and oxygen atoms in total. The number of rotatable bonds is 5. The highest BCUT2D eigenvalue weighted by atomic mass is 16.6. The maximum atomic E-state index is 12.1. The van der Waals surface area contributed by atoms with Gasteiger partial charge in [-0.2, -0.15) is 0 Å². The Balaban J connectivity index is 2.64. The van der Waals surface area contributed by atoms with Crippen LogP contribution in [-0.4, -0.2) is 23.5 Å². The second-order valence-electron chi connectivity index (χ2n) is 6.18. The van der Waals surface area contributed by atoms with Crippen LogP contribution in [0.5, 0.6) is 0 Å². The Labute approximate surface area is 109 Å². The van der Waals surface area contributed by atoms with Crippen LogP contribution in [0.15, 0.2) is 0 Å². The van der Waals surface area contributed by atoms with Crippen LogP contribution in [0.1, 0.15) is 53.9 Å². The van der Waals surface area contributed by atoms with Crippen molar-refractivity contribution in [1.29, 1.82) is 0 Å². The van der Waals surface area contributed by atoms with E-state index in [2.05, 4.69) is 5.32 Å². The molecular formula is C14H25NO3. The van der Waals surface area contributed by atoms with Crippen LogP contribution in [0.25, 0.3) is 0 Å². The highest BCUT2D eigenvalue weighted by Gasteiger charge is 2.35. The van der Waals surface area contributed by atoms with Crippen molar-refractivity contribution in [2.75, 3.05) is 0 Å². The molecule has 0 spiro atoms. The van der Waals surface area contributed by atoms with Crippen LogP contribution in [0, 0.1) is 11.8 Å². The number of esters is 1. The summed E-state index contributed by atoms with van der Waals surface area (Å²) in [5, 5.41) is 2.84. The minimum Gasteiger partial charge on any atom is -0.458 e. The SMILES string of the molecule is CC[C@H](C)[C@H](NC(=O)C1CC1)C(=O)OC(C)(C)C. The predicted octanol–water partition coefficient (Wildman–Crippen LogP) is 2.27. The van der Waals surface area contributed by atoms with Crippen LogP contribution < -0.4 is 5.32 Å². The van der Waals surface area contributed by atoms with Crippen LogP contribution in [-0.2, 0) is 14.3 Å². The topological polar surface area (TPSA) is 55.4 Å². The fraction of sp³-hybridized carbons (Fsp3) is 0.857. The Morgan fingerprint density at radius 2 is 1.89 bits per heavy atom. The van der Waals surface area contributed by atoms with Crippen molar-refractivity contribution >= 4 is 11.9 Å². The standard InChI is InChI=1S/C14H25NO3/c1-6-9(2)11(13(17)18-14(3,4)5)15-12(16)10-7-8-10/h9-11H,6-8H2,1-5H3,(H,15,16)/t9-,11-/m0/s1. The van der Waals surface area contributed by atoms with E-state index in [0.717, 1.165) is 19.3 Å². The fourth-order valence-electron chi connectivity index (χ4n) is 1.65. The maximum absolute atomic E-state index is 12.1. The minimum atomic E-state index is -0.526. The molecular weight excluding hydrogens is 230 g/mol. The van der Waals surface area contributed by atoms with Crippen molar-refractivity contribution in [1.82, 2.24) is 5.32 Å². The van der Waals surface area contributed by atoms with Crippen molar-refractivity contribution < 1.29 is 14.3 Å². The summed E-state index contributed by atoms with van der Waals surface area (Å²) >= 11 is 0. The molecule has 0 aromatic rings. The molecule has 2 atom stereocenters. The molecule has 0 aromatic carbocycles. The van der Waals surface area contributed by atoms with E-state index in [-0.39, 0.29) is 23.7 Å². The summed E-state index contributed by atoms with van der Waals surface area (Å²) in [5.74, 6) is -0.140. The molecule has 0 radical (unpaired) electrons. The van der Waals surface area contributed by atoms with Crippen LogP contribution in [0.4, 0.5) is 0 Å². The largest absolute Gasteiger partial charge is 0.458 e. The number of ether oxygens (including phenoxy) is 1. The summed E-state index contributed by atoms with van der Waals surface area (Å²) in [7, 11) is 0. The second kappa shape index (κ2) is 5.72. The first-order chi connectivity index (χ1) is 8.24. The molecule has 0 heterocycles. The van der Waals surface area contributed by atoms with Gasteiger partial charge >= 0.3 is 5.97 Å². The third-order valence-corrected chi connectivity index (χ3v) is 3.12. The van der Waals surface area contributed by atoms with Gasteiger partial charge < -0.3 is 10.1 Å². The molecule has 0 aromatic heterocycles. The van der Waals surface area contributed by atoms with Crippen LogP contribution in [0.2, 0.25) is 0 Å². The summed E-state index contributed by atoms with van der Waals surface area (Å²) in [6, 6.07) is -0.526. The molecule has 1 aliphatic carbocycles. The van der Waals surface area contributed by atoms with Crippen molar-refractivity contribution in [3.8, 4) is 0 Å². The normalized spacial score (nSPS) is 18.9. The van der Waals surface area contributed by atoms with Crippen molar-refractivity contribution in [2.45, 2.75) is 65.5 Å². The first-order valence-corrected chi connectivity index (χ1v) is 6.78. The molecule has 0 unspecified atom stereocenters. The van der Waals surface area contributed by atoms with E-state index in [1.54, 1.807) is 0 Å². The molecule has 4 heteroatoms. The lowest BCUT2D eigenvalue weighted by molar-refractivity contribution is -0.160. The Morgan fingerprint density at radius 3 is 2.28 bits per heavy atom. The molecule has 1 amide bonds. The van der Waals surface area contributed by atoms with E-state index in [4.69, 9.17) is 4.74 Å². The number of hydrogen-bond acceptors (Lipinski definition) is 3. The van der Waals surface area contributed by atoms with Gasteiger partial charge in [-0.05, 0) is 39.5 Å². The summed E-state index contributed by atoms with van der Waals surface area (Å²) < 4.78 is 5.37. The quantitative estimate of drug-likeness (QED) is 0.767. The third-order valence-electron chi connectivity index (χ3n) is 3.12. The Kier molecular flexibility index (Phi) is 4.77. The lowest BCUT2D eigenvalue weighted by Crippen LogP contribution is -2.48. The van der Waals surface area contributed by atoms with Crippen LogP contribution >= 0.6 is 0 Å². The zero-order chi connectivity index (χ0) is 13.9. The zero-order valence-corrected chi connectivity index (χ0v) is 12.1. The summed E-state index contributed by atoms with van der Waals surface area (Å²) in [5.41, 5.74) is -0.521. The molecule has 1 N–H and O–H groups in total. The number of hydrogen-bond donors (Lipinski definition) is 1. The summed E-state index contributed by atoms with van der Waals surface area (Å²) in [6.07, 6.45) is 2.70. The van der Waals surface area contributed by atoms with Gasteiger partial charge in [0, 0.05) is 5.92 Å². The molecule has 0 aliphatic heterocycles. The van der Waals surface area contributed by atoms with Gasteiger partial charge in [0.1, 0.15) is 11.6 Å². The first kappa shape index (κ1) is 15.0. The van der Waals surface area contributed by atoms with Gasteiger partial charge in [0.15, 0.2) is 0 Å². The number of carbonyl (C=O) groups is 2. The number of amides is 1. The first-order valence-electron chi connectivity index (χ1n) is 6.78. The third kappa shape index (κ3) is 4.67. The van der Waals surface area contributed by atoms with Gasteiger partial charge in [0.05, 0.1) is 0 Å². The predicted molar refractivity (Wildman–Crippen MR) is 70.0 cm³/mol. The van der Waals surface area contributed by atoms with E-state index >= 15 is 0 Å². The van der Waals surface area contributed by atoms with Gasteiger partial charge in [0.2, 0.25) is 5.91 Å². The number of nitrogens with one attached hydrogen (secondary N) is 1. The van der Waals surface area contributed by atoms with Gasteiger partial charge in [0.25, 0.3) is 0 Å². The molecule has 0 bridgehead atoms. The van der Waals surface area contributed by atoms with Crippen molar-refractivity contribution in [2.24, 2.45) is 11.8 Å². The lowest BCUT2D eigenvalue weighted by atomic mass is 9.98. The molecule has 1 saturated carbocycles. The zero-order valence-electron chi connectivity index (χ0n) is 12.1. The second-order valence-corrected chi connectivity index (χ2v) is 6.18. The minimum absolute atomic E-state index is 0.00819. The molecule has 1 rings (SSSR count). The molecule has 104 valence electrons. The van der Waals surface area contributed by atoms with Gasteiger partial charge in [-0.3, -0.25) is 4.79 Å². The van der Waals surface area contributed by atoms with Gasteiger partial charge in [-0.1, -0.05) is 20.3 Å². The van der Waals surface area contributed by atoms with E-state index in [1.807, 2.05) is 34.6 Å². The Hall–Kier alpha value is -1.06. The van der Waals surface area contributed by atoms with Gasteiger partial charge in [-0.25, -0.2) is 4.79 Å². The summed E-state index contributed by atoms with van der Waals surface area (Å²) in [6.45, 7) is 9.47. The van der Waals surface area contributed by atoms with E-state index < -0.39 is 11.6 Å². The summed E-state index contributed by atoms with van der Waals surface area (Å²) in [4.78, 5) is 23.9. The van der Waals surface area contributed by atoms with E-state index in [0.29, 0.717) is 0 Å². The lowest BCUT2D eigenvalue weighted by Gasteiger charge is -2.27. The highest BCUT2D eigenvalue weighted by Crippen LogP contribution is 2.29. The highest BCUT2D eigenvalue weighted by molar-refractivity contribution is 5.87. The molecule has 1 aliphatic rings. The molecule has 18 heavy (non-hydrogen) atoms. The maximum Gasteiger partial charge on any atom is 0.329 e. The van der Waals surface area contributed by atoms with Crippen molar-refractivity contribution in [3.63, 3.8) is 0 Å². The van der Waals surface area contributed by atoms with E-state index in [1.165, 1.54) is 0 Å².